The van der Waals surface area contributed by atoms with E-state index in [9.17, 15) is 18.0 Å². The van der Waals surface area contributed by atoms with Gasteiger partial charge in [-0.05, 0) is 69.2 Å². The minimum Gasteiger partial charge on any atom is -0.494 e. The Morgan fingerprint density at radius 1 is 0.897 bits per heavy atom. The van der Waals surface area contributed by atoms with Crippen molar-refractivity contribution in [2.75, 3.05) is 24.0 Å². The molecule has 3 aromatic carbocycles. The molecule has 0 bridgehead atoms. The molecule has 0 saturated carbocycles. The van der Waals surface area contributed by atoms with E-state index in [-0.39, 0.29) is 17.3 Å². The molecule has 0 aliphatic heterocycles. The molecule has 0 saturated heterocycles. The van der Waals surface area contributed by atoms with E-state index >= 15 is 0 Å². The lowest BCUT2D eigenvalue weighted by atomic mass is 10.1. The molecular formula is C30H37N3O5S. The van der Waals surface area contributed by atoms with E-state index in [0.717, 1.165) is 15.4 Å². The molecule has 0 fully saturated rings. The second-order valence-electron chi connectivity index (χ2n) is 9.08. The van der Waals surface area contributed by atoms with Gasteiger partial charge < -0.3 is 15.0 Å². The highest BCUT2D eigenvalue weighted by atomic mass is 32.2. The summed E-state index contributed by atoms with van der Waals surface area (Å²) in [6, 6.07) is 21.6. The fourth-order valence-corrected chi connectivity index (χ4v) is 5.64. The number of ether oxygens (including phenoxy) is 1. The van der Waals surface area contributed by atoms with Gasteiger partial charge in [0.1, 0.15) is 18.3 Å². The van der Waals surface area contributed by atoms with Crippen LogP contribution in [-0.2, 0) is 26.2 Å². The molecule has 3 rings (SSSR count). The van der Waals surface area contributed by atoms with Crippen LogP contribution >= 0.6 is 0 Å². The minimum absolute atomic E-state index is 0.0310. The topological polar surface area (TPSA) is 96.0 Å². The summed E-state index contributed by atoms with van der Waals surface area (Å²) in [4.78, 5) is 28.4. The summed E-state index contributed by atoms with van der Waals surface area (Å²) in [6.07, 6.45) is 0.375. The summed E-state index contributed by atoms with van der Waals surface area (Å²) >= 11 is 0. The van der Waals surface area contributed by atoms with Crippen LogP contribution in [0, 0.1) is 6.92 Å². The first-order chi connectivity index (χ1) is 18.7. The van der Waals surface area contributed by atoms with E-state index in [1.807, 2.05) is 52.0 Å². The zero-order valence-electron chi connectivity index (χ0n) is 23.0. The number of hydrogen-bond donors (Lipinski definition) is 1. The second-order valence-corrected chi connectivity index (χ2v) is 10.9. The maximum atomic E-state index is 13.9. The summed E-state index contributed by atoms with van der Waals surface area (Å²) in [7, 11) is -4.13. The maximum absolute atomic E-state index is 13.9. The van der Waals surface area contributed by atoms with Crippen LogP contribution in [-0.4, -0.2) is 50.9 Å². The number of nitrogens with one attached hydrogen (secondary N) is 1. The average molecular weight is 552 g/mol. The molecule has 0 aliphatic carbocycles. The number of anilines is 1. The molecule has 1 N–H and O–H groups in total. The Morgan fingerprint density at radius 3 is 2.10 bits per heavy atom. The molecule has 0 heterocycles. The normalized spacial score (nSPS) is 11.9. The van der Waals surface area contributed by atoms with Gasteiger partial charge in [0.25, 0.3) is 10.0 Å². The fourth-order valence-electron chi connectivity index (χ4n) is 4.23. The van der Waals surface area contributed by atoms with Gasteiger partial charge in [0.15, 0.2) is 0 Å². The van der Waals surface area contributed by atoms with E-state index in [1.54, 1.807) is 42.5 Å². The number of carbonyl (C=O) groups is 2. The third-order valence-electron chi connectivity index (χ3n) is 6.26. The second kappa shape index (κ2) is 13.8. The van der Waals surface area contributed by atoms with Crippen molar-refractivity contribution < 1.29 is 22.7 Å². The molecular weight excluding hydrogens is 514 g/mol. The van der Waals surface area contributed by atoms with Crippen molar-refractivity contribution in [3.05, 3.63) is 90.0 Å². The Morgan fingerprint density at radius 2 is 1.54 bits per heavy atom. The van der Waals surface area contributed by atoms with Crippen LogP contribution in [0.1, 0.15) is 38.3 Å². The molecule has 0 aliphatic rings. The highest BCUT2D eigenvalue weighted by molar-refractivity contribution is 7.92. The summed E-state index contributed by atoms with van der Waals surface area (Å²) in [5.74, 6) is -0.205. The Balaban J connectivity index is 2.01. The van der Waals surface area contributed by atoms with E-state index < -0.39 is 28.5 Å². The lowest BCUT2D eigenvalue weighted by Crippen LogP contribution is -2.52. The summed E-state index contributed by atoms with van der Waals surface area (Å²) in [5.41, 5.74) is 2.27. The zero-order valence-corrected chi connectivity index (χ0v) is 23.8. The van der Waals surface area contributed by atoms with Crippen molar-refractivity contribution >= 4 is 27.5 Å². The molecule has 208 valence electrons. The van der Waals surface area contributed by atoms with Crippen molar-refractivity contribution in [2.24, 2.45) is 0 Å². The Labute approximate surface area is 231 Å². The number of sulfonamides is 1. The molecule has 3 aromatic rings. The number of hydrogen-bond acceptors (Lipinski definition) is 5. The first-order valence-corrected chi connectivity index (χ1v) is 14.6. The van der Waals surface area contributed by atoms with Crippen LogP contribution in [0.4, 0.5) is 5.69 Å². The maximum Gasteiger partial charge on any atom is 0.264 e. The van der Waals surface area contributed by atoms with Gasteiger partial charge in [0, 0.05) is 13.1 Å². The van der Waals surface area contributed by atoms with Crippen molar-refractivity contribution in [3.63, 3.8) is 0 Å². The third-order valence-corrected chi connectivity index (χ3v) is 8.04. The number of rotatable bonds is 13. The summed E-state index contributed by atoms with van der Waals surface area (Å²) < 4.78 is 34.3. The smallest absolute Gasteiger partial charge is 0.264 e. The van der Waals surface area contributed by atoms with Crippen molar-refractivity contribution in [1.29, 1.82) is 0 Å². The number of para-hydroxylation sites is 1. The van der Waals surface area contributed by atoms with Gasteiger partial charge >= 0.3 is 0 Å². The van der Waals surface area contributed by atoms with Crippen LogP contribution in [0.5, 0.6) is 5.75 Å². The number of amides is 2. The zero-order chi connectivity index (χ0) is 28.4. The van der Waals surface area contributed by atoms with Gasteiger partial charge in [-0.3, -0.25) is 13.9 Å². The molecule has 8 nitrogen and oxygen atoms in total. The number of benzene rings is 3. The minimum atomic E-state index is -4.13. The molecule has 9 heteroatoms. The number of aryl methyl sites for hydroxylation is 1. The Hall–Kier alpha value is -3.85. The molecule has 39 heavy (non-hydrogen) atoms. The fraction of sp³-hybridized carbons (Fsp3) is 0.333. The quantitative estimate of drug-likeness (QED) is 0.337. The third kappa shape index (κ3) is 7.60. The number of nitrogens with zero attached hydrogens (tertiary/aromatic N) is 2. The standard InChI is InChI=1S/C30H37N3O5S/c1-5-28(30(35)31-6-2)32(21-24-15-13-23(4)14-16-24)29(34)22-33(25-11-9-8-10-12-25)39(36,37)27-19-17-26(18-20-27)38-7-3/h8-20,28H,5-7,21-22H2,1-4H3,(H,31,35)/t28-/m1/s1. The molecule has 0 unspecified atom stereocenters. The van der Waals surface area contributed by atoms with Crippen molar-refractivity contribution in [2.45, 2.75) is 51.6 Å². The lowest BCUT2D eigenvalue weighted by Gasteiger charge is -2.33. The average Bonchev–Trinajstić information content (AvgIpc) is 2.93. The van der Waals surface area contributed by atoms with Gasteiger partial charge in [-0.15, -0.1) is 0 Å². The van der Waals surface area contributed by atoms with Gasteiger partial charge in [-0.1, -0.05) is 55.0 Å². The van der Waals surface area contributed by atoms with Crippen LogP contribution < -0.4 is 14.4 Å². The van der Waals surface area contributed by atoms with Crippen LogP contribution in [0.2, 0.25) is 0 Å². The number of carbonyl (C=O) groups excluding carboxylic acids is 2. The summed E-state index contributed by atoms with van der Waals surface area (Å²) in [5, 5.41) is 2.81. The van der Waals surface area contributed by atoms with Gasteiger partial charge in [0.05, 0.1) is 17.2 Å². The molecule has 0 spiro atoms. The van der Waals surface area contributed by atoms with Gasteiger partial charge in [-0.2, -0.15) is 0 Å². The van der Waals surface area contributed by atoms with E-state index in [0.29, 0.717) is 31.0 Å². The van der Waals surface area contributed by atoms with Crippen molar-refractivity contribution in [1.82, 2.24) is 10.2 Å². The Kier molecular flexibility index (Phi) is 10.5. The van der Waals surface area contributed by atoms with Crippen LogP contribution in [0.3, 0.4) is 0 Å². The van der Waals surface area contributed by atoms with Gasteiger partial charge in [-0.25, -0.2) is 8.42 Å². The van der Waals surface area contributed by atoms with E-state index in [4.69, 9.17) is 4.74 Å². The van der Waals surface area contributed by atoms with Crippen LogP contribution in [0.25, 0.3) is 0 Å². The highest BCUT2D eigenvalue weighted by Crippen LogP contribution is 2.26. The van der Waals surface area contributed by atoms with Crippen LogP contribution in [0.15, 0.2) is 83.8 Å². The van der Waals surface area contributed by atoms with Gasteiger partial charge in [0.2, 0.25) is 11.8 Å². The first-order valence-electron chi connectivity index (χ1n) is 13.1. The van der Waals surface area contributed by atoms with E-state index in [1.165, 1.54) is 17.0 Å². The van der Waals surface area contributed by atoms with Crippen molar-refractivity contribution in [3.8, 4) is 5.75 Å². The largest absolute Gasteiger partial charge is 0.494 e. The predicted octanol–water partition coefficient (Wildman–Crippen LogP) is 4.53. The SMILES string of the molecule is CCNC(=O)[C@@H](CC)N(Cc1ccc(C)cc1)C(=O)CN(c1ccccc1)S(=O)(=O)c1ccc(OCC)cc1. The molecule has 0 radical (unpaired) electrons. The predicted molar refractivity (Wildman–Crippen MR) is 153 cm³/mol. The summed E-state index contributed by atoms with van der Waals surface area (Å²) in [6.45, 7) is 8.04. The molecule has 1 atom stereocenters. The lowest BCUT2D eigenvalue weighted by molar-refractivity contribution is -0.140. The number of likely N-dealkylation sites (N-methyl/N-ethyl adjacent to an activating group) is 1. The first kappa shape index (κ1) is 29.7. The highest BCUT2D eigenvalue weighted by Gasteiger charge is 2.33. The molecule has 0 aromatic heterocycles. The Bertz CT molecular complexity index is 1330. The molecule has 2 amide bonds. The monoisotopic (exact) mass is 551 g/mol. The van der Waals surface area contributed by atoms with E-state index in [2.05, 4.69) is 5.32 Å².